The Morgan fingerprint density at radius 1 is 1.10 bits per heavy atom. The van der Waals surface area contributed by atoms with Crippen LogP contribution < -0.4 is 5.43 Å². The Hall–Kier alpha value is -0.0800. The SMILES string of the molecule is C1CCN2NCCCC2C1. The maximum absolute atomic E-state index is 3.45. The number of nitrogens with zero attached hydrogens (tertiary/aromatic N) is 1. The summed E-state index contributed by atoms with van der Waals surface area (Å²) in [4.78, 5) is 0. The molecule has 2 heteroatoms. The van der Waals surface area contributed by atoms with Crippen LogP contribution in [0, 0.1) is 0 Å². The standard InChI is InChI=1S/C8H16N2/c1-2-7-10-8(4-1)5-3-6-9-10/h8-9H,1-7H2. The molecule has 0 aliphatic carbocycles. The second kappa shape index (κ2) is 2.89. The van der Waals surface area contributed by atoms with E-state index in [1.165, 1.54) is 45.2 Å². The molecule has 10 heavy (non-hydrogen) atoms. The monoisotopic (exact) mass is 140 g/mol. The van der Waals surface area contributed by atoms with Crippen molar-refractivity contribution in [1.29, 1.82) is 0 Å². The van der Waals surface area contributed by atoms with Gasteiger partial charge in [-0.3, -0.25) is 5.43 Å². The van der Waals surface area contributed by atoms with Gasteiger partial charge in [-0.25, -0.2) is 5.01 Å². The van der Waals surface area contributed by atoms with E-state index in [0.29, 0.717) is 0 Å². The van der Waals surface area contributed by atoms with Gasteiger partial charge in [0.2, 0.25) is 0 Å². The minimum atomic E-state index is 0.877. The van der Waals surface area contributed by atoms with Crippen LogP contribution in [0.2, 0.25) is 0 Å². The van der Waals surface area contributed by atoms with Gasteiger partial charge >= 0.3 is 0 Å². The van der Waals surface area contributed by atoms with E-state index in [-0.39, 0.29) is 0 Å². The van der Waals surface area contributed by atoms with E-state index in [1.54, 1.807) is 0 Å². The zero-order valence-electron chi connectivity index (χ0n) is 6.47. The Morgan fingerprint density at radius 3 is 2.90 bits per heavy atom. The lowest BCUT2D eigenvalue weighted by Crippen LogP contribution is -2.52. The van der Waals surface area contributed by atoms with Gasteiger partial charge in [-0.2, -0.15) is 0 Å². The van der Waals surface area contributed by atoms with Crippen molar-refractivity contribution in [3.63, 3.8) is 0 Å². The van der Waals surface area contributed by atoms with Gasteiger partial charge in [0.15, 0.2) is 0 Å². The maximum Gasteiger partial charge on any atom is 0.0244 e. The van der Waals surface area contributed by atoms with Crippen LogP contribution in [0.1, 0.15) is 32.1 Å². The molecule has 1 unspecified atom stereocenters. The first-order valence-electron chi connectivity index (χ1n) is 4.47. The first kappa shape index (κ1) is 6.62. The molecule has 2 heterocycles. The zero-order valence-corrected chi connectivity index (χ0v) is 6.47. The van der Waals surface area contributed by atoms with Crippen LogP contribution in [0.3, 0.4) is 0 Å². The van der Waals surface area contributed by atoms with Gasteiger partial charge in [-0.05, 0) is 25.7 Å². The lowest BCUT2D eigenvalue weighted by Gasteiger charge is -2.39. The number of piperidine rings is 1. The highest BCUT2D eigenvalue weighted by molar-refractivity contribution is 4.77. The summed E-state index contributed by atoms with van der Waals surface area (Å²) < 4.78 is 0. The summed E-state index contributed by atoms with van der Waals surface area (Å²) in [5, 5.41) is 2.45. The van der Waals surface area contributed by atoms with Crippen molar-refractivity contribution < 1.29 is 0 Å². The third-order valence-corrected chi connectivity index (χ3v) is 2.66. The summed E-state index contributed by atoms with van der Waals surface area (Å²) in [5.74, 6) is 0. The third-order valence-electron chi connectivity index (χ3n) is 2.66. The average Bonchev–Trinajstić information content (AvgIpc) is 2.05. The van der Waals surface area contributed by atoms with Crippen molar-refractivity contribution in [2.75, 3.05) is 13.1 Å². The van der Waals surface area contributed by atoms with Gasteiger partial charge in [0, 0.05) is 19.1 Å². The second-order valence-electron chi connectivity index (χ2n) is 3.39. The molecule has 0 aromatic carbocycles. The van der Waals surface area contributed by atoms with Crippen molar-refractivity contribution >= 4 is 0 Å². The topological polar surface area (TPSA) is 15.3 Å². The minimum absolute atomic E-state index is 0.877. The number of hydrogen-bond donors (Lipinski definition) is 1. The largest absolute Gasteiger partial charge is 0.255 e. The highest BCUT2D eigenvalue weighted by Gasteiger charge is 2.23. The van der Waals surface area contributed by atoms with E-state index in [2.05, 4.69) is 10.4 Å². The summed E-state index contributed by atoms with van der Waals surface area (Å²) in [5.41, 5.74) is 3.45. The highest BCUT2D eigenvalue weighted by Crippen LogP contribution is 2.21. The average molecular weight is 140 g/mol. The molecule has 0 aromatic heterocycles. The second-order valence-corrected chi connectivity index (χ2v) is 3.39. The summed E-state index contributed by atoms with van der Waals surface area (Å²) in [6.07, 6.45) is 7.06. The Bertz CT molecular complexity index is 87.8. The molecule has 2 aliphatic heterocycles. The molecule has 0 saturated carbocycles. The molecule has 0 radical (unpaired) electrons. The van der Waals surface area contributed by atoms with Gasteiger partial charge in [-0.1, -0.05) is 6.42 Å². The van der Waals surface area contributed by atoms with Crippen LogP contribution in [0.25, 0.3) is 0 Å². The molecule has 58 valence electrons. The molecule has 1 N–H and O–H groups in total. The van der Waals surface area contributed by atoms with Crippen LogP contribution in [-0.4, -0.2) is 24.1 Å². The van der Waals surface area contributed by atoms with E-state index >= 15 is 0 Å². The lowest BCUT2D eigenvalue weighted by atomic mass is 9.98. The highest BCUT2D eigenvalue weighted by atomic mass is 15.5. The smallest absolute Gasteiger partial charge is 0.0244 e. The third kappa shape index (κ3) is 1.18. The molecule has 0 bridgehead atoms. The predicted molar refractivity (Wildman–Crippen MR) is 41.6 cm³/mol. The summed E-state index contributed by atoms with van der Waals surface area (Å²) in [6, 6.07) is 0.877. The van der Waals surface area contributed by atoms with Gasteiger partial charge in [0.1, 0.15) is 0 Å². The van der Waals surface area contributed by atoms with Crippen molar-refractivity contribution in [2.24, 2.45) is 0 Å². The molecule has 2 aliphatic rings. The molecule has 0 aromatic rings. The molecule has 2 rings (SSSR count). The van der Waals surface area contributed by atoms with E-state index in [4.69, 9.17) is 0 Å². The van der Waals surface area contributed by atoms with Crippen molar-refractivity contribution in [3.8, 4) is 0 Å². The number of nitrogens with one attached hydrogen (secondary N) is 1. The minimum Gasteiger partial charge on any atom is -0.255 e. The van der Waals surface area contributed by atoms with Crippen molar-refractivity contribution in [2.45, 2.75) is 38.1 Å². The predicted octanol–water partition coefficient (Wildman–Crippen LogP) is 1.14. The molecular formula is C8H16N2. The number of hydrazine groups is 1. The zero-order chi connectivity index (χ0) is 6.81. The van der Waals surface area contributed by atoms with Crippen LogP contribution in [0.5, 0.6) is 0 Å². The maximum atomic E-state index is 3.45. The Morgan fingerprint density at radius 2 is 2.00 bits per heavy atom. The molecule has 1 atom stereocenters. The quantitative estimate of drug-likeness (QED) is 0.543. The van der Waals surface area contributed by atoms with E-state index in [0.717, 1.165) is 6.04 Å². The number of fused-ring (bicyclic) bond motifs is 1. The van der Waals surface area contributed by atoms with Gasteiger partial charge in [-0.15, -0.1) is 0 Å². The van der Waals surface area contributed by atoms with Crippen LogP contribution in [-0.2, 0) is 0 Å². The van der Waals surface area contributed by atoms with Crippen LogP contribution in [0.4, 0.5) is 0 Å². The molecule has 2 nitrogen and oxygen atoms in total. The Balaban J connectivity index is 1.93. The van der Waals surface area contributed by atoms with E-state index < -0.39 is 0 Å². The lowest BCUT2D eigenvalue weighted by molar-refractivity contribution is 0.0526. The number of hydrogen-bond acceptors (Lipinski definition) is 2. The Labute approximate surface area is 62.6 Å². The summed E-state index contributed by atoms with van der Waals surface area (Å²) in [6.45, 7) is 2.49. The normalized spacial score (nSPS) is 35.4. The fraction of sp³-hybridized carbons (Fsp3) is 1.00. The molecule has 2 saturated heterocycles. The fourth-order valence-corrected chi connectivity index (χ4v) is 2.07. The molecule has 0 spiro atoms. The van der Waals surface area contributed by atoms with Crippen LogP contribution >= 0.6 is 0 Å². The van der Waals surface area contributed by atoms with Gasteiger partial charge in [0.25, 0.3) is 0 Å². The Kier molecular flexibility index (Phi) is 1.91. The van der Waals surface area contributed by atoms with Gasteiger partial charge < -0.3 is 0 Å². The van der Waals surface area contributed by atoms with Crippen molar-refractivity contribution in [1.82, 2.24) is 10.4 Å². The summed E-state index contributed by atoms with van der Waals surface area (Å²) in [7, 11) is 0. The van der Waals surface area contributed by atoms with E-state index in [9.17, 15) is 0 Å². The van der Waals surface area contributed by atoms with Crippen LogP contribution in [0.15, 0.2) is 0 Å². The van der Waals surface area contributed by atoms with E-state index in [1.807, 2.05) is 0 Å². The summed E-state index contributed by atoms with van der Waals surface area (Å²) >= 11 is 0. The van der Waals surface area contributed by atoms with Crippen molar-refractivity contribution in [3.05, 3.63) is 0 Å². The first-order valence-corrected chi connectivity index (χ1v) is 4.47. The number of rotatable bonds is 0. The molecule has 0 amide bonds. The molecular weight excluding hydrogens is 124 g/mol. The first-order chi connectivity index (χ1) is 4.97. The fourth-order valence-electron chi connectivity index (χ4n) is 2.07. The molecule has 2 fully saturated rings. The van der Waals surface area contributed by atoms with Gasteiger partial charge in [0.05, 0.1) is 0 Å².